The van der Waals surface area contributed by atoms with Gasteiger partial charge in [-0.2, -0.15) is 5.26 Å². The highest BCUT2D eigenvalue weighted by Gasteiger charge is 2.13. The van der Waals surface area contributed by atoms with Crippen LogP contribution in [0.4, 0.5) is 11.4 Å². The molecule has 0 saturated heterocycles. The Morgan fingerprint density at radius 3 is 2.44 bits per heavy atom. The van der Waals surface area contributed by atoms with Crippen LogP contribution in [0.25, 0.3) is 11.0 Å². The molecule has 1 aromatic heterocycles. The maximum absolute atomic E-state index is 9.87. The number of hydrogen-bond acceptors (Lipinski definition) is 7. The lowest BCUT2D eigenvalue weighted by Gasteiger charge is -2.15. The maximum atomic E-state index is 9.87. The van der Waals surface area contributed by atoms with E-state index in [9.17, 15) is 5.26 Å². The molecule has 0 aliphatic heterocycles. The topological polar surface area (TPSA) is 89.3 Å². The minimum absolute atomic E-state index is 0.217. The van der Waals surface area contributed by atoms with Gasteiger partial charge >= 0.3 is 0 Å². The van der Waals surface area contributed by atoms with Crippen LogP contribution < -0.4 is 19.5 Å². The summed E-state index contributed by atoms with van der Waals surface area (Å²) in [6.45, 7) is 4.50. The maximum Gasteiger partial charge on any atom is 0.162 e. The van der Waals surface area contributed by atoms with Crippen LogP contribution in [0.5, 0.6) is 17.2 Å². The summed E-state index contributed by atoms with van der Waals surface area (Å²) in [5.74, 6) is 2.22. The van der Waals surface area contributed by atoms with Gasteiger partial charge in [0, 0.05) is 18.0 Å². The highest BCUT2D eigenvalue weighted by Crippen LogP contribution is 2.34. The smallest absolute Gasteiger partial charge is 0.162 e. The largest absolute Gasteiger partial charge is 0.497 e. The Hall–Kier alpha value is -4.31. The van der Waals surface area contributed by atoms with E-state index in [4.69, 9.17) is 14.2 Å². The van der Waals surface area contributed by atoms with Crippen molar-refractivity contribution in [1.82, 2.24) is 9.97 Å². The molecule has 7 heteroatoms. The zero-order valence-corrected chi connectivity index (χ0v) is 19.6. The average Bonchev–Trinajstić information content (AvgIpc) is 2.87. The number of fused-ring (bicyclic) bond motifs is 1. The van der Waals surface area contributed by atoms with Crippen LogP contribution in [0.2, 0.25) is 0 Å². The van der Waals surface area contributed by atoms with Crippen molar-refractivity contribution in [3.63, 3.8) is 0 Å². The summed E-state index contributed by atoms with van der Waals surface area (Å²) in [6, 6.07) is 19.2. The molecular weight excluding hydrogens is 428 g/mol. The van der Waals surface area contributed by atoms with Gasteiger partial charge in [0.25, 0.3) is 0 Å². The van der Waals surface area contributed by atoms with Gasteiger partial charge in [-0.05, 0) is 47.9 Å². The molecule has 0 radical (unpaired) electrons. The normalized spacial score (nSPS) is 10.7. The fourth-order valence-corrected chi connectivity index (χ4v) is 3.49. The van der Waals surface area contributed by atoms with E-state index in [-0.39, 0.29) is 5.92 Å². The summed E-state index contributed by atoms with van der Waals surface area (Å²) in [7, 11) is 3.23. The number of methoxy groups -OCH3 is 2. The van der Waals surface area contributed by atoms with E-state index < -0.39 is 0 Å². The number of nitriles is 1. The standard InChI is InChI=1S/C27H26N4O3/c1-17(2)24-15-29-23-11-10-22(21(14-28)27(23)31-24)30-19-7-12-25(26(13-19)33-4)34-16-18-5-8-20(32-3)9-6-18/h5-13,15,17,30H,16H2,1-4H3. The second kappa shape index (κ2) is 10.1. The zero-order chi connectivity index (χ0) is 24.1. The summed E-state index contributed by atoms with van der Waals surface area (Å²) >= 11 is 0. The van der Waals surface area contributed by atoms with Crippen LogP contribution in [0.3, 0.4) is 0 Å². The second-order valence-corrected chi connectivity index (χ2v) is 8.04. The number of ether oxygens (including phenoxy) is 3. The second-order valence-electron chi connectivity index (χ2n) is 8.04. The first-order chi connectivity index (χ1) is 16.5. The van der Waals surface area contributed by atoms with Crippen molar-refractivity contribution in [2.45, 2.75) is 26.4 Å². The summed E-state index contributed by atoms with van der Waals surface area (Å²) < 4.78 is 16.7. The molecule has 1 N–H and O–H groups in total. The average molecular weight is 455 g/mol. The molecule has 0 spiro atoms. The Kier molecular flexibility index (Phi) is 6.79. The number of aromatic nitrogens is 2. The van der Waals surface area contributed by atoms with E-state index in [1.165, 1.54) is 0 Å². The fraction of sp³-hybridized carbons (Fsp3) is 0.222. The first kappa shape index (κ1) is 22.9. The van der Waals surface area contributed by atoms with Gasteiger partial charge in [-0.25, -0.2) is 4.98 Å². The van der Waals surface area contributed by atoms with Crippen LogP contribution in [0.15, 0.2) is 60.8 Å². The third-order valence-electron chi connectivity index (χ3n) is 5.43. The molecule has 4 aromatic rings. The monoisotopic (exact) mass is 454 g/mol. The van der Waals surface area contributed by atoms with Gasteiger partial charge in [0.05, 0.1) is 31.1 Å². The predicted molar refractivity (Wildman–Crippen MR) is 132 cm³/mol. The summed E-state index contributed by atoms with van der Waals surface area (Å²) in [5.41, 5.74) is 5.00. The molecule has 0 fully saturated rings. The number of nitrogens with zero attached hydrogens (tertiary/aromatic N) is 3. The SMILES string of the molecule is COc1ccc(COc2ccc(Nc3ccc4ncc(C(C)C)nc4c3C#N)cc2OC)cc1. The number of nitrogens with one attached hydrogen (secondary N) is 1. The molecular formula is C27H26N4O3. The Morgan fingerprint density at radius 2 is 1.76 bits per heavy atom. The Morgan fingerprint density at radius 1 is 0.971 bits per heavy atom. The van der Waals surface area contributed by atoms with Crippen molar-refractivity contribution in [3.05, 3.63) is 77.6 Å². The van der Waals surface area contributed by atoms with Gasteiger partial charge in [0.1, 0.15) is 29.5 Å². The molecule has 0 aliphatic rings. The zero-order valence-electron chi connectivity index (χ0n) is 19.6. The molecule has 3 aromatic carbocycles. The molecule has 172 valence electrons. The van der Waals surface area contributed by atoms with Crippen LogP contribution >= 0.6 is 0 Å². The van der Waals surface area contributed by atoms with Crippen molar-refractivity contribution in [1.29, 1.82) is 5.26 Å². The van der Waals surface area contributed by atoms with Gasteiger partial charge in [-0.15, -0.1) is 0 Å². The molecule has 0 atom stereocenters. The molecule has 4 rings (SSSR count). The number of benzene rings is 3. The Labute approximate surface area is 199 Å². The van der Waals surface area contributed by atoms with Crippen molar-refractivity contribution in [3.8, 4) is 23.3 Å². The third-order valence-corrected chi connectivity index (χ3v) is 5.43. The minimum atomic E-state index is 0.217. The van der Waals surface area contributed by atoms with Crippen molar-refractivity contribution >= 4 is 22.4 Å². The molecule has 0 aliphatic carbocycles. The molecule has 0 unspecified atom stereocenters. The van der Waals surface area contributed by atoms with Crippen LogP contribution in [-0.4, -0.2) is 24.2 Å². The van der Waals surface area contributed by atoms with Crippen molar-refractivity contribution in [2.24, 2.45) is 0 Å². The van der Waals surface area contributed by atoms with Gasteiger partial charge in [-0.1, -0.05) is 26.0 Å². The summed E-state index contributed by atoms with van der Waals surface area (Å²) in [5, 5.41) is 13.2. The number of anilines is 2. The molecule has 0 amide bonds. The van der Waals surface area contributed by atoms with E-state index in [2.05, 4.69) is 35.2 Å². The van der Waals surface area contributed by atoms with E-state index in [1.54, 1.807) is 20.4 Å². The van der Waals surface area contributed by atoms with Gasteiger partial charge < -0.3 is 19.5 Å². The first-order valence-corrected chi connectivity index (χ1v) is 10.9. The van der Waals surface area contributed by atoms with Crippen LogP contribution in [-0.2, 0) is 6.61 Å². The predicted octanol–water partition coefficient (Wildman–Crippen LogP) is 5.96. The lowest BCUT2D eigenvalue weighted by Crippen LogP contribution is -2.01. The lowest BCUT2D eigenvalue weighted by molar-refractivity contribution is 0.284. The highest BCUT2D eigenvalue weighted by atomic mass is 16.5. The van der Waals surface area contributed by atoms with Crippen molar-refractivity contribution in [2.75, 3.05) is 19.5 Å². The third kappa shape index (κ3) is 4.86. The first-order valence-electron chi connectivity index (χ1n) is 10.9. The summed E-state index contributed by atoms with van der Waals surface area (Å²) in [6.07, 6.45) is 1.76. The van der Waals surface area contributed by atoms with Crippen LogP contribution in [0, 0.1) is 11.3 Å². The lowest BCUT2D eigenvalue weighted by atomic mass is 10.1. The van der Waals surface area contributed by atoms with Gasteiger partial charge in [0.2, 0.25) is 0 Å². The van der Waals surface area contributed by atoms with Crippen LogP contribution in [0.1, 0.15) is 36.6 Å². The van der Waals surface area contributed by atoms with E-state index in [0.29, 0.717) is 40.4 Å². The van der Waals surface area contributed by atoms with E-state index >= 15 is 0 Å². The molecule has 1 heterocycles. The molecule has 7 nitrogen and oxygen atoms in total. The van der Waals surface area contributed by atoms with Gasteiger partial charge in [-0.3, -0.25) is 4.98 Å². The minimum Gasteiger partial charge on any atom is -0.497 e. The molecule has 0 bridgehead atoms. The highest BCUT2D eigenvalue weighted by molar-refractivity contribution is 5.88. The summed E-state index contributed by atoms with van der Waals surface area (Å²) in [4.78, 5) is 9.15. The van der Waals surface area contributed by atoms with E-state index in [1.807, 2.05) is 54.6 Å². The van der Waals surface area contributed by atoms with Gasteiger partial charge in [0.15, 0.2) is 11.5 Å². The fourth-order valence-electron chi connectivity index (χ4n) is 3.49. The van der Waals surface area contributed by atoms with Crippen molar-refractivity contribution < 1.29 is 14.2 Å². The number of rotatable bonds is 8. The molecule has 34 heavy (non-hydrogen) atoms. The Balaban J connectivity index is 1.57. The van der Waals surface area contributed by atoms with E-state index in [0.717, 1.165) is 22.7 Å². The molecule has 0 saturated carbocycles. The Bertz CT molecular complexity index is 1340. The quantitative estimate of drug-likeness (QED) is 0.351. The number of hydrogen-bond donors (Lipinski definition) is 1.